The van der Waals surface area contributed by atoms with Gasteiger partial charge in [-0.05, 0) is 31.6 Å². The molecule has 0 aromatic carbocycles. The molecular formula is C13H25NO. The highest BCUT2D eigenvalue weighted by Gasteiger charge is 2.20. The van der Waals surface area contributed by atoms with Crippen LogP contribution in [0.2, 0.25) is 0 Å². The summed E-state index contributed by atoms with van der Waals surface area (Å²) in [5.41, 5.74) is 5.70. The average Bonchev–Trinajstić information content (AvgIpc) is 2.97. The molecule has 0 radical (unpaired) electrons. The van der Waals surface area contributed by atoms with Crippen molar-refractivity contribution >= 4 is 5.78 Å². The molecule has 1 aliphatic carbocycles. The van der Waals surface area contributed by atoms with Crippen LogP contribution in [-0.4, -0.2) is 11.8 Å². The zero-order chi connectivity index (χ0) is 11.3. The molecular weight excluding hydrogens is 186 g/mol. The Bertz CT molecular complexity index is 199. The van der Waals surface area contributed by atoms with Crippen molar-refractivity contribution in [2.45, 2.75) is 64.8 Å². The number of carbonyl (C=O) groups excluding carboxylic acids is 1. The Labute approximate surface area is 93.6 Å². The van der Waals surface area contributed by atoms with Crippen molar-refractivity contribution in [3.8, 4) is 0 Å². The zero-order valence-electron chi connectivity index (χ0n) is 10.2. The first kappa shape index (κ1) is 12.7. The summed E-state index contributed by atoms with van der Waals surface area (Å²) in [6, 6.07) is -0.226. The third-order valence-electron chi connectivity index (χ3n) is 3.50. The summed E-state index contributed by atoms with van der Waals surface area (Å²) < 4.78 is 0. The first-order valence-electron chi connectivity index (χ1n) is 6.35. The summed E-state index contributed by atoms with van der Waals surface area (Å²) in [5, 5.41) is 0. The molecule has 2 heteroatoms. The number of nitrogens with two attached hydrogens (primary N) is 1. The van der Waals surface area contributed by atoms with Crippen LogP contribution < -0.4 is 5.73 Å². The topological polar surface area (TPSA) is 43.1 Å². The van der Waals surface area contributed by atoms with E-state index in [0.29, 0.717) is 0 Å². The fourth-order valence-corrected chi connectivity index (χ4v) is 1.97. The first-order valence-corrected chi connectivity index (χ1v) is 6.35. The van der Waals surface area contributed by atoms with E-state index in [2.05, 4.69) is 6.92 Å². The molecule has 2 nitrogen and oxygen atoms in total. The lowest BCUT2D eigenvalue weighted by Gasteiger charge is -2.13. The van der Waals surface area contributed by atoms with E-state index in [9.17, 15) is 4.79 Å². The molecule has 0 amide bonds. The zero-order valence-corrected chi connectivity index (χ0v) is 10.2. The van der Waals surface area contributed by atoms with Crippen LogP contribution in [0.3, 0.4) is 0 Å². The van der Waals surface area contributed by atoms with Crippen LogP contribution in [0.4, 0.5) is 0 Å². The van der Waals surface area contributed by atoms with E-state index in [1.54, 1.807) is 6.92 Å². The molecule has 2 N–H and O–H groups in total. The fraction of sp³-hybridized carbons (Fsp3) is 0.923. The number of ketones is 1. The standard InChI is InChI=1S/C13H25NO/c1-10(4-3-5-12-7-8-12)6-9-13(14)11(2)15/h10,12-13H,3-9,14H2,1-2H3/t10-,13+/m1/s1. The molecule has 1 fully saturated rings. The number of Topliss-reactive ketones (excluding diaryl/α,β-unsaturated/α-hetero) is 1. The normalized spacial score (nSPS) is 19.9. The number of carbonyl (C=O) groups is 1. The molecule has 0 aromatic heterocycles. The molecule has 2 atom stereocenters. The monoisotopic (exact) mass is 211 g/mol. The lowest BCUT2D eigenvalue weighted by atomic mass is 9.95. The van der Waals surface area contributed by atoms with Crippen LogP contribution in [0.1, 0.15) is 58.8 Å². The van der Waals surface area contributed by atoms with Gasteiger partial charge in [0.1, 0.15) is 5.78 Å². The minimum atomic E-state index is -0.226. The van der Waals surface area contributed by atoms with E-state index < -0.39 is 0 Å². The van der Waals surface area contributed by atoms with Crippen LogP contribution in [-0.2, 0) is 4.79 Å². The Balaban J connectivity index is 1.96. The summed E-state index contributed by atoms with van der Waals surface area (Å²) in [4.78, 5) is 10.9. The van der Waals surface area contributed by atoms with Gasteiger partial charge in [-0.15, -0.1) is 0 Å². The minimum Gasteiger partial charge on any atom is -0.322 e. The van der Waals surface area contributed by atoms with E-state index in [1.165, 1.54) is 32.1 Å². The Morgan fingerprint density at radius 1 is 1.33 bits per heavy atom. The SMILES string of the molecule is CC(=O)[C@@H](N)CC[C@H](C)CCCC1CC1. The van der Waals surface area contributed by atoms with Crippen LogP contribution in [0.5, 0.6) is 0 Å². The summed E-state index contributed by atoms with van der Waals surface area (Å²) in [6.45, 7) is 3.86. The van der Waals surface area contributed by atoms with Gasteiger partial charge in [0, 0.05) is 0 Å². The summed E-state index contributed by atoms with van der Waals surface area (Å²) in [5.74, 6) is 1.91. The van der Waals surface area contributed by atoms with Crippen molar-refractivity contribution in [2.75, 3.05) is 0 Å². The van der Waals surface area contributed by atoms with Crippen LogP contribution >= 0.6 is 0 Å². The van der Waals surface area contributed by atoms with Gasteiger partial charge in [-0.1, -0.05) is 39.0 Å². The maximum Gasteiger partial charge on any atom is 0.146 e. The van der Waals surface area contributed by atoms with Crippen molar-refractivity contribution in [1.29, 1.82) is 0 Å². The van der Waals surface area contributed by atoms with Gasteiger partial charge in [0.2, 0.25) is 0 Å². The van der Waals surface area contributed by atoms with Crippen molar-refractivity contribution < 1.29 is 4.79 Å². The molecule has 1 aliphatic rings. The highest BCUT2D eigenvalue weighted by molar-refractivity contribution is 5.80. The highest BCUT2D eigenvalue weighted by Crippen LogP contribution is 2.34. The largest absolute Gasteiger partial charge is 0.322 e. The number of hydrogen-bond donors (Lipinski definition) is 1. The second kappa shape index (κ2) is 6.26. The van der Waals surface area contributed by atoms with Gasteiger partial charge in [0.15, 0.2) is 0 Å². The van der Waals surface area contributed by atoms with Gasteiger partial charge in [-0.25, -0.2) is 0 Å². The molecule has 1 saturated carbocycles. The van der Waals surface area contributed by atoms with Gasteiger partial charge in [-0.2, -0.15) is 0 Å². The Kier molecular flexibility index (Phi) is 5.30. The van der Waals surface area contributed by atoms with E-state index >= 15 is 0 Å². The predicted octanol–water partition coefficient (Wildman–Crippen LogP) is 2.90. The molecule has 0 aliphatic heterocycles. The molecule has 0 heterocycles. The van der Waals surface area contributed by atoms with Crippen molar-refractivity contribution in [1.82, 2.24) is 0 Å². The summed E-state index contributed by atoms with van der Waals surface area (Å²) in [6.07, 6.45) is 8.98. The van der Waals surface area contributed by atoms with Gasteiger partial charge < -0.3 is 5.73 Å². The van der Waals surface area contributed by atoms with Gasteiger partial charge in [-0.3, -0.25) is 4.79 Å². The van der Waals surface area contributed by atoms with Crippen LogP contribution in [0.25, 0.3) is 0 Å². The molecule has 1 rings (SSSR count). The van der Waals surface area contributed by atoms with E-state index in [4.69, 9.17) is 5.73 Å². The third-order valence-corrected chi connectivity index (χ3v) is 3.50. The van der Waals surface area contributed by atoms with Crippen molar-refractivity contribution in [2.24, 2.45) is 17.6 Å². The van der Waals surface area contributed by atoms with E-state index in [0.717, 1.165) is 24.7 Å². The molecule has 0 bridgehead atoms. The van der Waals surface area contributed by atoms with Gasteiger partial charge >= 0.3 is 0 Å². The second-order valence-electron chi connectivity index (χ2n) is 5.27. The van der Waals surface area contributed by atoms with Crippen LogP contribution in [0.15, 0.2) is 0 Å². The first-order chi connectivity index (χ1) is 7.09. The minimum absolute atomic E-state index is 0.125. The summed E-state index contributed by atoms with van der Waals surface area (Å²) in [7, 11) is 0. The average molecular weight is 211 g/mol. The maximum absolute atomic E-state index is 10.9. The second-order valence-corrected chi connectivity index (χ2v) is 5.27. The van der Waals surface area contributed by atoms with Gasteiger partial charge in [0.25, 0.3) is 0 Å². The smallest absolute Gasteiger partial charge is 0.146 e. The Morgan fingerprint density at radius 3 is 2.53 bits per heavy atom. The van der Waals surface area contributed by atoms with E-state index in [1.807, 2.05) is 0 Å². The highest BCUT2D eigenvalue weighted by atomic mass is 16.1. The Morgan fingerprint density at radius 2 is 2.00 bits per heavy atom. The molecule has 15 heavy (non-hydrogen) atoms. The predicted molar refractivity (Wildman–Crippen MR) is 63.6 cm³/mol. The maximum atomic E-state index is 10.9. The molecule has 88 valence electrons. The molecule has 0 unspecified atom stereocenters. The Hall–Kier alpha value is -0.370. The van der Waals surface area contributed by atoms with Crippen LogP contribution in [0, 0.1) is 11.8 Å². The fourth-order valence-electron chi connectivity index (χ4n) is 1.97. The van der Waals surface area contributed by atoms with E-state index in [-0.39, 0.29) is 11.8 Å². The lowest BCUT2D eigenvalue weighted by Crippen LogP contribution is -2.28. The molecule has 0 spiro atoms. The summed E-state index contributed by atoms with van der Waals surface area (Å²) >= 11 is 0. The van der Waals surface area contributed by atoms with Gasteiger partial charge in [0.05, 0.1) is 6.04 Å². The van der Waals surface area contributed by atoms with Crippen molar-refractivity contribution in [3.63, 3.8) is 0 Å². The number of rotatable bonds is 8. The van der Waals surface area contributed by atoms with Crippen molar-refractivity contribution in [3.05, 3.63) is 0 Å². The number of hydrogen-bond acceptors (Lipinski definition) is 2. The molecule has 0 saturated heterocycles. The third kappa shape index (κ3) is 5.93. The quantitative estimate of drug-likeness (QED) is 0.671. The molecule has 0 aromatic rings. The lowest BCUT2D eigenvalue weighted by molar-refractivity contribution is -0.118.